The highest BCUT2D eigenvalue weighted by atomic mass is 35.5. The molecule has 5 nitrogen and oxygen atoms in total. The van der Waals surface area contributed by atoms with Crippen LogP contribution in [0.15, 0.2) is 48.5 Å². The smallest absolute Gasteiger partial charge is 0.243 e. The van der Waals surface area contributed by atoms with Gasteiger partial charge in [-0.2, -0.15) is 0 Å². The molecule has 0 atom stereocenters. The molecule has 2 rings (SSSR count). The summed E-state index contributed by atoms with van der Waals surface area (Å²) in [6, 6.07) is 14.1. The number of benzene rings is 2. The van der Waals surface area contributed by atoms with E-state index in [4.69, 9.17) is 16.3 Å². The fourth-order valence-electron chi connectivity index (χ4n) is 1.92. The molecule has 2 amide bonds. The number of para-hydroxylation sites is 3. The number of carbonyl (C=O) groups excluding carboxylic acids is 2. The summed E-state index contributed by atoms with van der Waals surface area (Å²) in [5.74, 6) is 0.425. The lowest BCUT2D eigenvalue weighted by Gasteiger charge is -2.18. The minimum absolute atomic E-state index is 0.115. The van der Waals surface area contributed by atoms with Crippen molar-refractivity contribution in [3.05, 3.63) is 53.6 Å². The van der Waals surface area contributed by atoms with Gasteiger partial charge in [0.2, 0.25) is 11.8 Å². The van der Waals surface area contributed by atoms with Crippen molar-refractivity contribution in [2.75, 3.05) is 11.9 Å². The molecule has 0 saturated heterocycles. The predicted octanol–water partition coefficient (Wildman–Crippen LogP) is 4.23. The summed E-state index contributed by atoms with van der Waals surface area (Å²) >= 11 is 6.10. The van der Waals surface area contributed by atoms with E-state index in [1.807, 2.05) is 6.07 Å². The van der Waals surface area contributed by atoms with E-state index in [0.717, 1.165) is 0 Å². The van der Waals surface area contributed by atoms with Crippen LogP contribution in [0, 0.1) is 5.41 Å². The summed E-state index contributed by atoms with van der Waals surface area (Å²) in [4.78, 5) is 23.9. The van der Waals surface area contributed by atoms with Crippen molar-refractivity contribution < 1.29 is 14.3 Å². The highest BCUT2D eigenvalue weighted by Gasteiger charge is 2.21. The van der Waals surface area contributed by atoms with E-state index in [0.29, 0.717) is 22.2 Å². The monoisotopic (exact) mass is 360 g/mol. The van der Waals surface area contributed by atoms with Gasteiger partial charge >= 0.3 is 0 Å². The topological polar surface area (TPSA) is 67.4 Å². The molecule has 0 aliphatic rings. The lowest BCUT2D eigenvalue weighted by Crippen LogP contribution is -2.39. The minimum Gasteiger partial charge on any atom is -0.454 e. The first-order chi connectivity index (χ1) is 11.8. The Morgan fingerprint density at radius 3 is 2.24 bits per heavy atom. The average Bonchev–Trinajstić information content (AvgIpc) is 2.55. The average molecular weight is 361 g/mol. The summed E-state index contributed by atoms with van der Waals surface area (Å²) in [6.07, 6.45) is 0. The van der Waals surface area contributed by atoms with Crippen LogP contribution in [0.25, 0.3) is 0 Å². The van der Waals surface area contributed by atoms with Gasteiger partial charge in [0.25, 0.3) is 0 Å². The maximum atomic E-state index is 12.1. The van der Waals surface area contributed by atoms with Crippen molar-refractivity contribution in [2.45, 2.75) is 20.8 Å². The van der Waals surface area contributed by atoms with Crippen LogP contribution in [0.5, 0.6) is 11.5 Å². The van der Waals surface area contributed by atoms with Gasteiger partial charge in [-0.15, -0.1) is 0 Å². The Morgan fingerprint density at radius 1 is 1.00 bits per heavy atom. The van der Waals surface area contributed by atoms with Crippen molar-refractivity contribution in [1.29, 1.82) is 0 Å². The lowest BCUT2D eigenvalue weighted by molar-refractivity contribution is -0.130. The molecule has 0 bridgehead atoms. The minimum atomic E-state index is -0.550. The van der Waals surface area contributed by atoms with Crippen LogP contribution in [0.1, 0.15) is 20.8 Å². The van der Waals surface area contributed by atoms with E-state index in [9.17, 15) is 9.59 Å². The third-order valence-electron chi connectivity index (χ3n) is 3.31. The molecule has 0 spiro atoms. The van der Waals surface area contributed by atoms with E-state index in [-0.39, 0.29) is 18.4 Å². The quantitative estimate of drug-likeness (QED) is 0.838. The number of nitrogens with one attached hydrogen (secondary N) is 2. The predicted molar refractivity (Wildman–Crippen MR) is 99.1 cm³/mol. The highest BCUT2D eigenvalue weighted by Crippen LogP contribution is 2.33. The van der Waals surface area contributed by atoms with Crippen molar-refractivity contribution in [3.8, 4) is 11.5 Å². The fraction of sp³-hybridized carbons (Fsp3) is 0.263. The van der Waals surface area contributed by atoms with Crippen LogP contribution in [0.4, 0.5) is 5.69 Å². The van der Waals surface area contributed by atoms with Gasteiger partial charge in [0.05, 0.1) is 17.3 Å². The largest absolute Gasteiger partial charge is 0.454 e. The Kier molecular flexibility index (Phi) is 6.04. The molecule has 0 aliphatic heterocycles. The molecule has 0 heterocycles. The van der Waals surface area contributed by atoms with Gasteiger partial charge in [0.1, 0.15) is 5.75 Å². The second-order valence-corrected chi connectivity index (χ2v) is 6.92. The summed E-state index contributed by atoms with van der Waals surface area (Å²) < 4.78 is 5.79. The molecular formula is C19H21ClN2O3. The summed E-state index contributed by atoms with van der Waals surface area (Å²) in [5.41, 5.74) is -0.0526. The number of anilines is 1. The second-order valence-electron chi connectivity index (χ2n) is 6.51. The first-order valence-electron chi connectivity index (χ1n) is 7.87. The van der Waals surface area contributed by atoms with E-state index in [1.165, 1.54) is 0 Å². The number of hydrogen-bond donors (Lipinski definition) is 2. The molecule has 2 aromatic rings. The lowest BCUT2D eigenvalue weighted by atomic mass is 9.96. The Labute approximate surface area is 152 Å². The van der Waals surface area contributed by atoms with Gasteiger partial charge in [-0.1, -0.05) is 56.6 Å². The molecule has 132 valence electrons. The van der Waals surface area contributed by atoms with Crippen LogP contribution in [-0.2, 0) is 9.59 Å². The number of hydrogen-bond acceptors (Lipinski definition) is 3. The highest BCUT2D eigenvalue weighted by molar-refractivity contribution is 6.32. The standard InChI is InChI=1S/C19H21ClN2O3/c1-19(2,3)18(24)21-12-17(23)22-14-9-5-7-11-16(14)25-15-10-6-4-8-13(15)20/h4-11H,12H2,1-3H3,(H,21,24)(H,22,23). The van der Waals surface area contributed by atoms with Crippen LogP contribution in [0.3, 0.4) is 0 Å². The molecule has 6 heteroatoms. The molecule has 25 heavy (non-hydrogen) atoms. The van der Waals surface area contributed by atoms with Crippen LogP contribution in [-0.4, -0.2) is 18.4 Å². The SMILES string of the molecule is CC(C)(C)C(=O)NCC(=O)Nc1ccccc1Oc1ccccc1Cl. The van der Waals surface area contributed by atoms with Gasteiger partial charge in [-0.25, -0.2) is 0 Å². The maximum Gasteiger partial charge on any atom is 0.243 e. The normalized spacial score (nSPS) is 10.9. The Hall–Kier alpha value is -2.53. The zero-order chi connectivity index (χ0) is 18.4. The number of rotatable bonds is 5. The van der Waals surface area contributed by atoms with Crippen molar-refractivity contribution in [1.82, 2.24) is 5.32 Å². The zero-order valence-corrected chi connectivity index (χ0v) is 15.2. The Morgan fingerprint density at radius 2 is 1.60 bits per heavy atom. The third-order valence-corrected chi connectivity index (χ3v) is 3.62. The molecule has 2 aromatic carbocycles. The number of amides is 2. The van der Waals surface area contributed by atoms with E-state index in [1.54, 1.807) is 63.2 Å². The molecule has 0 radical (unpaired) electrons. The van der Waals surface area contributed by atoms with Crippen LogP contribution in [0.2, 0.25) is 5.02 Å². The summed E-state index contributed by atoms with van der Waals surface area (Å²) in [6.45, 7) is 5.24. The molecule has 2 N–H and O–H groups in total. The van der Waals surface area contributed by atoms with Crippen molar-refractivity contribution in [2.24, 2.45) is 5.41 Å². The molecular weight excluding hydrogens is 340 g/mol. The number of carbonyl (C=O) groups is 2. The van der Waals surface area contributed by atoms with Gasteiger partial charge < -0.3 is 15.4 Å². The van der Waals surface area contributed by atoms with E-state index >= 15 is 0 Å². The van der Waals surface area contributed by atoms with Crippen LogP contribution >= 0.6 is 11.6 Å². The second kappa shape index (κ2) is 8.03. The third kappa shape index (κ3) is 5.50. The summed E-state index contributed by atoms with van der Waals surface area (Å²) in [7, 11) is 0. The van der Waals surface area contributed by atoms with Gasteiger partial charge in [-0.05, 0) is 24.3 Å². The maximum absolute atomic E-state index is 12.1. The molecule has 0 aliphatic carbocycles. The van der Waals surface area contributed by atoms with E-state index in [2.05, 4.69) is 10.6 Å². The Balaban J connectivity index is 2.04. The molecule has 0 aromatic heterocycles. The van der Waals surface area contributed by atoms with E-state index < -0.39 is 5.41 Å². The van der Waals surface area contributed by atoms with Gasteiger partial charge in [-0.3, -0.25) is 9.59 Å². The van der Waals surface area contributed by atoms with Gasteiger partial charge in [0.15, 0.2) is 5.75 Å². The molecule has 0 fully saturated rings. The summed E-state index contributed by atoms with van der Waals surface area (Å²) in [5, 5.41) is 5.82. The first kappa shape index (κ1) is 18.8. The zero-order valence-electron chi connectivity index (χ0n) is 14.4. The van der Waals surface area contributed by atoms with Gasteiger partial charge in [0, 0.05) is 5.41 Å². The Bertz CT molecular complexity index is 769. The first-order valence-corrected chi connectivity index (χ1v) is 8.25. The van der Waals surface area contributed by atoms with Crippen LogP contribution < -0.4 is 15.4 Å². The molecule has 0 saturated carbocycles. The fourth-order valence-corrected chi connectivity index (χ4v) is 2.10. The van der Waals surface area contributed by atoms with Crippen molar-refractivity contribution >= 4 is 29.1 Å². The molecule has 0 unspecified atom stereocenters. The number of ether oxygens (including phenoxy) is 1. The number of halogens is 1. The van der Waals surface area contributed by atoms with Crippen molar-refractivity contribution in [3.63, 3.8) is 0 Å².